The molecule has 1 atom stereocenters. The van der Waals surface area contributed by atoms with Crippen LogP contribution in [0.5, 0.6) is 5.75 Å². The molecule has 0 spiro atoms. The van der Waals surface area contributed by atoms with Crippen LogP contribution in [0.2, 0.25) is 0 Å². The first-order valence-corrected chi connectivity index (χ1v) is 6.53. The molecule has 1 aromatic carbocycles. The number of benzene rings is 1. The van der Waals surface area contributed by atoms with Crippen molar-refractivity contribution in [2.24, 2.45) is 5.84 Å². The van der Waals surface area contributed by atoms with Gasteiger partial charge in [0.2, 0.25) is 0 Å². The van der Waals surface area contributed by atoms with Gasteiger partial charge in [0.25, 0.3) is 0 Å². The van der Waals surface area contributed by atoms with Crippen molar-refractivity contribution in [3.63, 3.8) is 0 Å². The second-order valence-corrected chi connectivity index (χ2v) is 4.77. The van der Waals surface area contributed by atoms with Crippen LogP contribution in [0, 0.1) is 13.8 Å². The molecule has 0 aliphatic carbocycles. The summed E-state index contributed by atoms with van der Waals surface area (Å²) < 4.78 is 5.40. The lowest BCUT2D eigenvalue weighted by Crippen LogP contribution is -2.30. The van der Waals surface area contributed by atoms with Crippen LogP contribution in [0.15, 0.2) is 30.5 Å². The molecule has 0 radical (unpaired) electrons. The molecule has 1 heterocycles. The summed E-state index contributed by atoms with van der Waals surface area (Å²) in [5, 5.41) is 0. The highest BCUT2D eigenvalue weighted by atomic mass is 16.5. The van der Waals surface area contributed by atoms with Crippen LogP contribution in [0.4, 0.5) is 0 Å². The third kappa shape index (κ3) is 3.31. The summed E-state index contributed by atoms with van der Waals surface area (Å²) in [5.41, 5.74) is 5.99. The first-order chi connectivity index (χ1) is 9.63. The number of ether oxygens (including phenoxy) is 1. The van der Waals surface area contributed by atoms with Crippen molar-refractivity contribution >= 4 is 0 Å². The summed E-state index contributed by atoms with van der Waals surface area (Å²) >= 11 is 0. The Balaban J connectivity index is 2.28. The van der Waals surface area contributed by atoms with Gasteiger partial charge in [-0.3, -0.25) is 11.3 Å². The summed E-state index contributed by atoms with van der Waals surface area (Å²) in [7, 11) is 1.67. The maximum Gasteiger partial charge on any atom is 0.125 e. The van der Waals surface area contributed by atoms with Crippen molar-refractivity contribution in [1.82, 2.24) is 15.4 Å². The highest BCUT2D eigenvalue weighted by molar-refractivity contribution is 5.38. The molecule has 0 aliphatic rings. The second-order valence-electron chi connectivity index (χ2n) is 4.77. The predicted octanol–water partition coefficient (Wildman–Crippen LogP) is 1.85. The Labute approximate surface area is 119 Å². The van der Waals surface area contributed by atoms with E-state index in [4.69, 9.17) is 10.6 Å². The van der Waals surface area contributed by atoms with Crippen LogP contribution in [0.3, 0.4) is 0 Å². The van der Waals surface area contributed by atoms with E-state index in [-0.39, 0.29) is 6.04 Å². The minimum atomic E-state index is -0.0765. The van der Waals surface area contributed by atoms with Crippen LogP contribution in [0.1, 0.15) is 28.7 Å². The Hall–Kier alpha value is -1.98. The maximum absolute atomic E-state index is 5.68. The minimum absolute atomic E-state index is 0.0765. The molecular weight excluding hydrogens is 252 g/mol. The standard InChI is InChI=1S/C15H20N4O/c1-10-4-5-15(20-3)12(8-10)9-14(19-16)13-6-7-17-11(2)18-13/h4-8,14,19H,9,16H2,1-3H3. The monoisotopic (exact) mass is 272 g/mol. The van der Waals surface area contributed by atoms with Crippen LogP contribution >= 0.6 is 0 Å². The summed E-state index contributed by atoms with van der Waals surface area (Å²) in [6.45, 7) is 3.92. The molecule has 0 saturated carbocycles. The van der Waals surface area contributed by atoms with Crippen molar-refractivity contribution in [2.75, 3.05) is 7.11 Å². The quantitative estimate of drug-likeness (QED) is 0.642. The summed E-state index contributed by atoms with van der Waals surface area (Å²) in [6, 6.07) is 7.91. The molecule has 5 heteroatoms. The van der Waals surface area contributed by atoms with E-state index in [9.17, 15) is 0 Å². The van der Waals surface area contributed by atoms with Gasteiger partial charge in [0.15, 0.2) is 0 Å². The average Bonchev–Trinajstić information content (AvgIpc) is 2.45. The number of nitrogens with zero attached hydrogens (tertiary/aromatic N) is 2. The van der Waals surface area contributed by atoms with E-state index in [1.165, 1.54) is 5.56 Å². The normalized spacial score (nSPS) is 12.2. The number of hydrogen-bond acceptors (Lipinski definition) is 5. The lowest BCUT2D eigenvalue weighted by atomic mass is 10.0. The Bertz CT molecular complexity index is 586. The molecule has 5 nitrogen and oxygen atoms in total. The molecule has 106 valence electrons. The third-order valence-electron chi connectivity index (χ3n) is 3.22. The van der Waals surface area contributed by atoms with E-state index < -0.39 is 0 Å². The Morgan fingerprint density at radius 1 is 1.30 bits per heavy atom. The topological polar surface area (TPSA) is 73.1 Å². The van der Waals surface area contributed by atoms with E-state index >= 15 is 0 Å². The molecule has 2 rings (SSSR count). The average molecular weight is 272 g/mol. The predicted molar refractivity (Wildman–Crippen MR) is 78.3 cm³/mol. The molecule has 0 amide bonds. The van der Waals surface area contributed by atoms with Crippen LogP contribution in [-0.2, 0) is 6.42 Å². The van der Waals surface area contributed by atoms with Crippen molar-refractivity contribution in [1.29, 1.82) is 0 Å². The van der Waals surface area contributed by atoms with Crippen molar-refractivity contribution in [3.05, 3.63) is 53.1 Å². The number of hydrogen-bond donors (Lipinski definition) is 2. The van der Waals surface area contributed by atoms with Crippen molar-refractivity contribution < 1.29 is 4.74 Å². The molecule has 3 N–H and O–H groups in total. The molecular formula is C15H20N4O. The number of nitrogens with two attached hydrogens (primary N) is 1. The van der Waals surface area contributed by atoms with E-state index in [0.29, 0.717) is 6.42 Å². The van der Waals surface area contributed by atoms with Gasteiger partial charge < -0.3 is 4.74 Å². The van der Waals surface area contributed by atoms with Gasteiger partial charge >= 0.3 is 0 Å². The maximum atomic E-state index is 5.68. The van der Waals surface area contributed by atoms with E-state index in [2.05, 4.69) is 28.4 Å². The number of methoxy groups -OCH3 is 1. The largest absolute Gasteiger partial charge is 0.496 e. The van der Waals surface area contributed by atoms with Gasteiger partial charge in [0, 0.05) is 6.20 Å². The van der Waals surface area contributed by atoms with Gasteiger partial charge in [0.1, 0.15) is 11.6 Å². The molecule has 0 aliphatic heterocycles. The minimum Gasteiger partial charge on any atom is -0.496 e. The summed E-state index contributed by atoms with van der Waals surface area (Å²) in [6.07, 6.45) is 2.45. The van der Waals surface area contributed by atoms with Gasteiger partial charge in [-0.2, -0.15) is 0 Å². The molecule has 1 unspecified atom stereocenters. The molecule has 1 aromatic heterocycles. The lowest BCUT2D eigenvalue weighted by molar-refractivity contribution is 0.405. The first-order valence-electron chi connectivity index (χ1n) is 6.53. The number of aryl methyl sites for hydroxylation is 2. The van der Waals surface area contributed by atoms with Gasteiger partial charge in [-0.25, -0.2) is 9.97 Å². The number of hydrazine groups is 1. The zero-order valence-electron chi connectivity index (χ0n) is 12.1. The third-order valence-corrected chi connectivity index (χ3v) is 3.22. The molecule has 0 saturated heterocycles. The van der Waals surface area contributed by atoms with E-state index in [0.717, 1.165) is 22.8 Å². The molecule has 0 fully saturated rings. The number of rotatable bonds is 5. The van der Waals surface area contributed by atoms with E-state index in [1.807, 2.05) is 25.1 Å². The van der Waals surface area contributed by atoms with Crippen LogP contribution in [-0.4, -0.2) is 17.1 Å². The van der Waals surface area contributed by atoms with Gasteiger partial charge in [-0.05, 0) is 38.0 Å². The Morgan fingerprint density at radius 3 is 2.75 bits per heavy atom. The smallest absolute Gasteiger partial charge is 0.125 e. The molecule has 2 aromatic rings. The Kier molecular flexibility index (Phi) is 4.65. The molecule has 0 bridgehead atoms. The van der Waals surface area contributed by atoms with Gasteiger partial charge in [-0.1, -0.05) is 17.7 Å². The number of nitrogens with one attached hydrogen (secondary N) is 1. The zero-order valence-corrected chi connectivity index (χ0v) is 12.1. The molecule has 20 heavy (non-hydrogen) atoms. The van der Waals surface area contributed by atoms with Crippen LogP contribution < -0.4 is 16.0 Å². The Morgan fingerprint density at radius 2 is 2.10 bits per heavy atom. The summed E-state index contributed by atoms with van der Waals surface area (Å²) in [4.78, 5) is 8.53. The van der Waals surface area contributed by atoms with Crippen molar-refractivity contribution in [2.45, 2.75) is 26.3 Å². The number of aromatic nitrogens is 2. The lowest BCUT2D eigenvalue weighted by Gasteiger charge is -2.17. The van der Waals surface area contributed by atoms with Gasteiger partial charge in [-0.15, -0.1) is 0 Å². The van der Waals surface area contributed by atoms with Crippen LogP contribution in [0.25, 0.3) is 0 Å². The fourth-order valence-electron chi connectivity index (χ4n) is 2.20. The highest BCUT2D eigenvalue weighted by Crippen LogP contribution is 2.25. The first kappa shape index (κ1) is 14.4. The van der Waals surface area contributed by atoms with E-state index in [1.54, 1.807) is 13.3 Å². The van der Waals surface area contributed by atoms with Crippen molar-refractivity contribution in [3.8, 4) is 5.75 Å². The highest BCUT2D eigenvalue weighted by Gasteiger charge is 2.15. The fourth-order valence-corrected chi connectivity index (χ4v) is 2.20. The summed E-state index contributed by atoms with van der Waals surface area (Å²) in [5.74, 6) is 7.28. The zero-order chi connectivity index (χ0) is 14.5. The fraction of sp³-hybridized carbons (Fsp3) is 0.333. The SMILES string of the molecule is COc1ccc(C)cc1CC(NN)c1ccnc(C)n1. The van der Waals surface area contributed by atoms with Gasteiger partial charge in [0.05, 0.1) is 18.8 Å². The second kappa shape index (κ2) is 6.45.